The van der Waals surface area contributed by atoms with Crippen LogP contribution in [0.25, 0.3) is 11.1 Å². The molecule has 2 aromatic rings. The lowest BCUT2D eigenvalue weighted by atomic mass is 10.0. The fourth-order valence-electron chi connectivity index (χ4n) is 4.60. The Hall–Kier alpha value is -1.21. The Morgan fingerprint density at radius 2 is 1.04 bits per heavy atom. The lowest BCUT2D eigenvalue weighted by Crippen LogP contribution is -2.09. The van der Waals surface area contributed by atoms with Gasteiger partial charge in [-0.25, -0.2) is 0 Å². The van der Waals surface area contributed by atoms with Gasteiger partial charge in [0.1, 0.15) is 0 Å². The van der Waals surface area contributed by atoms with E-state index in [0.29, 0.717) is 0 Å². The van der Waals surface area contributed by atoms with E-state index in [2.05, 4.69) is 64.1 Å². The first-order chi connectivity index (χ1) is 13.1. The van der Waals surface area contributed by atoms with Gasteiger partial charge in [0.05, 0.1) is 0 Å². The first-order valence-corrected chi connectivity index (χ1v) is 13.1. The summed E-state index contributed by atoms with van der Waals surface area (Å²) in [5, 5.41) is 0. The molecule has 0 unspecified atom stereocenters. The van der Waals surface area contributed by atoms with Crippen LogP contribution < -0.4 is 0 Å². The zero-order valence-corrected chi connectivity index (χ0v) is 18.8. The van der Waals surface area contributed by atoms with Gasteiger partial charge < -0.3 is 0 Å². The predicted molar refractivity (Wildman–Crippen MR) is 123 cm³/mol. The molecular formula is C26H38S. The van der Waals surface area contributed by atoms with E-state index in [-0.39, 0.29) is 0 Å². The fraction of sp³-hybridized carbons (Fsp3) is 0.538. The van der Waals surface area contributed by atoms with Crippen molar-refractivity contribution in [2.45, 2.75) is 88.9 Å². The van der Waals surface area contributed by atoms with Crippen LogP contribution in [-0.2, 0) is 0 Å². The minimum Gasteiger partial charge on any atom is -0.187 e. The Balaban J connectivity index is 2.02. The van der Waals surface area contributed by atoms with Gasteiger partial charge in [0.25, 0.3) is 0 Å². The highest BCUT2D eigenvalue weighted by atomic mass is 32.3. The van der Waals surface area contributed by atoms with Gasteiger partial charge in [0.15, 0.2) is 0 Å². The standard InChI is InChI=1S/C26H38S/c1-5-7-9-11-17-27(18-12-10-8-6-2)25-15-13-21(3)19-23(25)24-20-22(4)14-16-26(24)27/h13-16,19-20H,5-12,17-18H2,1-4H3. The highest BCUT2D eigenvalue weighted by Gasteiger charge is 2.37. The molecule has 0 bridgehead atoms. The molecule has 0 fully saturated rings. The van der Waals surface area contributed by atoms with Crippen molar-refractivity contribution in [1.29, 1.82) is 0 Å². The molecule has 3 rings (SSSR count). The van der Waals surface area contributed by atoms with Crippen molar-refractivity contribution in [2.75, 3.05) is 11.5 Å². The zero-order chi connectivity index (χ0) is 19.3. The van der Waals surface area contributed by atoms with Gasteiger partial charge in [0.2, 0.25) is 0 Å². The zero-order valence-electron chi connectivity index (χ0n) is 17.9. The minimum atomic E-state index is -0.874. The van der Waals surface area contributed by atoms with Crippen molar-refractivity contribution in [3.8, 4) is 11.1 Å². The van der Waals surface area contributed by atoms with Gasteiger partial charge >= 0.3 is 0 Å². The molecule has 1 heterocycles. The van der Waals surface area contributed by atoms with Crippen LogP contribution >= 0.6 is 10.0 Å². The van der Waals surface area contributed by atoms with Crippen molar-refractivity contribution in [2.24, 2.45) is 0 Å². The second kappa shape index (κ2) is 9.32. The van der Waals surface area contributed by atoms with Crippen molar-refractivity contribution >= 4 is 10.0 Å². The van der Waals surface area contributed by atoms with Crippen molar-refractivity contribution in [1.82, 2.24) is 0 Å². The molecule has 27 heavy (non-hydrogen) atoms. The summed E-state index contributed by atoms with van der Waals surface area (Å²) in [6.07, 6.45) is 11.0. The molecule has 0 aliphatic carbocycles. The Kier molecular flexibility index (Phi) is 7.09. The van der Waals surface area contributed by atoms with Gasteiger partial charge in [-0.2, -0.15) is 10.0 Å². The summed E-state index contributed by atoms with van der Waals surface area (Å²) in [6.45, 7) is 9.12. The second-order valence-electron chi connectivity index (χ2n) is 8.41. The molecule has 1 aliphatic heterocycles. The molecule has 148 valence electrons. The summed E-state index contributed by atoms with van der Waals surface area (Å²) in [4.78, 5) is 3.39. The average Bonchev–Trinajstić information content (AvgIpc) is 2.92. The van der Waals surface area contributed by atoms with Crippen LogP contribution in [0.5, 0.6) is 0 Å². The minimum absolute atomic E-state index is 0.874. The largest absolute Gasteiger partial charge is 0.187 e. The van der Waals surface area contributed by atoms with Gasteiger partial charge in [-0.3, -0.25) is 0 Å². The molecule has 0 aromatic heterocycles. The molecular weight excluding hydrogens is 344 g/mol. The van der Waals surface area contributed by atoms with Crippen LogP contribution in [-0.4, -0.2) is 11.5 Å². The first kappa shape index (κ1) is 20.5. The molecule has 0 amide bonds. The third-order valence-corrected chi connectivity index (χ3v) is 10.5. The Labute approximate surface area is 169 Å². The number of rotatable bonds is 10. The quantitative estimate of drug-likeness (QED) is 0.360. The Bertz CT molecular complexity index is 693. The van der Waals surface area contributed by atoms with Gasteiger partial charge in [-0.1, -0.05) is 87.8 Å². The van der Waals surface area contributed by atoms with E-state index in [1.165, 1.54) is 74.0 Å². The van der Waals surface area contributed by atoms with Crippen molar-refractivity contribution in [3.05, 3.63) is 47.5 Å². The predicted octanol–water partition coefficient (Wildman–Crippen LogP) is 8.67. The summed E-state index contributed by atoms with van der Waals surface area (Å²) in [6, 6.07) is 14.6. The fourth-order valence-corrected chi connectivity index (χ4v) is 9.15. The normalized spacial score (nSPS) is 15.4. The molecule has 2 aromatic carbocycles. The van der Waals surface area contributed by atoms with Crippen molar-refractivity contribution in [3.63, 3.8) is 0 Å². The van der Waals surface area contributed by atoms with E-state index < -0.39 is 10.0 Å². The number of benzene rings is 2. The smallest absolute Gasteiger partial charge is 0.00204 e. The molecule has 0 N–H and O–H groups in total. The maximum Gasteiger partial charge on any atom is 0.00204 e. The van der Waals surface area contributed by atoms with Gasteiger partial charge in [-0.15, -0.1) is 0 Å². The summed E-state index contributed by atoms with van der Waals surface area (Å²) < 4.78 is 0. The first-order valence-electron chi connectivity index (χ1n) is 11.1. The van der Waals surface area contributed by atoms with Crippen LogP contribution in [0.2, 0.25) is 0 Å². The van der Waals surface area contributed by atoms with Crippen LogP contribution in [0.4, 0.5) is 0 Å². The monoisotopic (exact) mass is 382 g/mol. The Morgan fingerprint density at radius 3 is 1.44 bits per heavy atom. The summed E-state index contributed by atoms with van der Waals surface area (Å²) >= 11 is 0. The maximum absolute atomic E-state index is 2.50. The topological polar surface area (TPSA) is 0 Å². The molecule has 1 heteroatoms. The van der Waals surface area contributed by atoms with E-state index in [4.69, 9.17) is 0 Å². The maximum atomic E-state index is 2.50. The van der Waals surface area contributed by atoms with E-state index in [1.54, 1.807) is 20.9 Å². The van der Waals surface area contributed by atoms with Crippen molar-refractivity contribution < 1.29 is 0 Å². The summed E-state index contributed by atoms with van der Waals surface area (Å²) in [7, 11) is -0.874. The van der Waals surface area contributed by atoms with Gasteiger partial charge in [0, 0.05) is 9.79 Å². The number of hydrogen-bond donors (Lipinski definition) is 0. The average molecular weight is 383 g/mol. The van der Waals surface area contributed by atoms with E-state index in [1.807, 2.05) is 0 Å². The second-order valence-corrected chi connectivity index (χ2v) is 11.9. The highest BCUT2D eigenvalue weighted by Crippen LogP contribution is 2.72. The highest BCUT2D eigenvalue weighted by molar-refractivity contribution is 8.34. The number of fused-ring (bicyclic) bond motifs is 3. The third-order valence-electron chi connectivity index (χ3n) is 6.09. The molecule has 0 nitrogen and oxygen atoms in total. The van der Waals surface area contributed by atoms with Crippen LogP contribution in [0.15, 0.2) is 46.2 Å². The van der Waals surface area contributed by atoms with E-state index >= 15 is 0 Å². The van der Waals surface area contributed by atoms with Crippen LogP contribution in [0.1, 0.15) is 76.3 Å². The Morgan fingerprint density at radius 1 is 0.593 bits per heavy atom. The number of hydrogen-bond acceptors (Lipinski definition) is 0. The number of unbranched alkanes of at least 4 members (excludes halogenated alkanes) is 6. The van der Waals surface area contributed by atoms with Crippen LogP contribution in [0.3, 0.4) is 0 Å². The van der Waals surface area contributed by atoms with Gasteiger partial charge in [-0.05, 0) is 61.5 Å². The molecule has 0 saturated carbocycles. The molecule has 0 spiro atoms. The summed E-state index contributed by atoms with van der Waals surface area (Å²) in [5.74, 6) is 2.79. The SMILES string of the molecule is CCCCCCS1(CCCCCC)c2ccc(C)cc2-c2cc(C)ccc21. The molecule has 0 atom stereocenters. The molecule has 0 saturated heterocycles. The summed E-state index contributed by atoms with van der Waals surface area (Å²) in [5.41, 5.74) is 5.89. The molecule has 0 radical (unpaired) electrons. The lowest BCUT2D eigenvalue weighted by Gasteiger charge is -2.39. The third kappa shape index (κ3) is 4.29. The van der Waals surface area contributed by atoms with E-state index in [0.717, 1.165) is 0 Å². The molecule has 1 aliphatic rings. The number of aryl methyl sites for hydroxylation is 2. The van der Waals surface area contributed by atoms with E-state index in [9.17, 15) is 0 Å². The lowest BCUT2D eigenvalue weighted by molar-refractivity contribution is 0.696. The van der Waals surface area contributed by atoms with Crippen LogP contribution in [0, 0.1) is 13.8 Å².